The molecule has 3 aliphatic carbocycles. The lowest BCUT2D eigenvalue weighted by atomic mass is 9.70. The van der Waals surface area contributed by atoms with Crippen LogP contribution in [-0.4, -0.2) is 5.88 Å². The molecule has 0 aliphatic heterocycles. The molecule has 1 heteroatoms. The van der Waals surface area contributed by atoms with Crippen molar-refractivity contribution in [2.24, 2.45) is 17.3 Å². The van der Waals surface area contributed by atoms with Gasteiger partial charge < -0.3 is 0 Å². The number of hydrogen-bond acceptors (Lipinski definition) is 0. The van der Waals surface area contributed by atoms with E-state index in [4.69, 9.17) is 11.6 Å². The summed E-state index contributed by atoms with van der Waals surface area (Å²) >= 11 is 6.43. The van der Waals surface area contributed by atoms with Gasteiger partial charge in [0, 0.05) is 5.88 Å². The van der Waals surface area contributed by atoms with Crippen molar-refractivity contribution >= 4 is 11.6 Å². The van der Waals surface area contributed by atoms with Crippen LogP contribution in [0.15, 0.2) is 18.2 Å². The Bertz CT molecular complexity index is 492. The van der Waals surface area contributed by atoms with Gasteiger partial charge in [0.05, 0.1) is 0 Å². The molecule has 0 aromatic heterocycles. The van der Waals surface area contributed by atoms with Crippen LogP contribution < -0.4 is 0 Å². The average Bonchev–Trinajstić information content (AvgIpc) is 3.12. The Kier molecular flexibility index (Phi) is 2.92. The number of benzene rings is 1. The first kappa shape index (κ1) is 12.3. The van der Waals surface area contributed by atoms with Crippen molar-refractivity contribution in [2.45, 2.75) is 51.4 Å². The third-order valence-corrected chi connectivity index (χ3v) is 6.62. The Hall–Kier alpha value is -0.490. The van der Waals surface area contributed by atoms with E-state index in [2.05, 4.69) is 18.2 Å². The molecule has 2 fully saturated rings. The van der Waals surface area contributed by atoms with E-state index in [9.17, 15) is 0 Å². The monoisotopic (exact) mass is 274 g/mol. The van der Waals surface area contributed by atoms with Gasteiger partial charge in [-0.3, -0.25) is 0 Å². The minimum atomic E-state index is 0.428. The summed E-state index contributed by atoms with van der Waals surface area (Å²) in [5.41, 5.74) is 5.19. The summed E-state index contributed by atoms with van der Waals surface area (Å²) in [6.45, 7) is 0. The van der Waals surface area contributed by atoms with Crippen molar-refractivity contribution in [1.29, 1.82) is 0 Å². The Morgan fingerprint density at radius 3 is 2.79 bits per heavy atom. The van der Waals surface area contributed by atoms with Crippen molar-refractivity contribution < 1.29 is 0 Å². The molecule has 19 heavy (non-hydrogen) atoms. The zero-order valence-corrected chi connectivity index (χ0v) is 12.4. The molecule has 0 heterocycles. The molecule has 0 amide bonds. The molecule has 102 valence electrons. The molecular weight excluding hydrogens is 252 g/mol. The van der Waals surface area contributed by atoms with E-state index in [1.54, 1.807) is 16.7 Å². The normalized spacial score (nSPS) is 35.8. The van der Waals surface area contributed by atoms with Crippen LogP contribution >= 0.6 is 11.6 Å². The van der Waals surface area contributed by atoms with E-state index in [0.717, 1.165) is 17.7 Å². The first-order valence-electron chi connectivity index (χ1n) is 7.96. The SMILES string of the molecule is ClCC1(Cc2ccc3c(c2)CCC3)CC2CCC1C2. The maximum atomic E-state index is 6.43. The van der Waals surface area contributed by atoms with Crippen LogP contribution in [0, 0.1) is 17.3 Å². The molecule has 3 unspecified atom stereocenters. The standard InChI is InChI=1S/C18H23Cl/c19-12-18(11-14-5-7-17(18)9-14)10-13-4-6-15-2-1-3-16(15)8-13/h4,6,8,14,17H,1-3,5,7,9-12H2. The van der Waals surface area contributed by atoms with Gasteiger partial charge >= 0.3 is 0 Å². The number of halogens is 1. The van der Waals surface area contributed by atoms with Gasteiger partial charge in [-0.25, -0.2) is 0 Å². The minimum Gasteiger partial charge on any atom is -0.126 e. The van der Waals surface area contributed by atoms with Crippen LogP contribution in [0.1, 0.15) is 48.8 Å². The third-order valence-electron chi connectivity index (χ3n) is 6.09. The number of hydrogen-bond donors (Lipinski definition) is 0. The highest BCUT2D eigenvalue weighted by molar-refractivity contribution is 6.18. The van der Waals surface area contributed by atoms with Crippen molar-refractivity contribution in [3.8, 4) is 0 Å². The van der Waals surface area contributed by atoms with Crippen LogP contribution in [0.2, 0.25) is 0 Å². The Labute approximate surface area is 121 Å². The summed E-state index contributed by atoms with van der Waals surface area (Å²) in [7, 11) is 0. The second-order valence-electron chi connectivity index (χ2n) is 7.21. The Balaban J connectivity index is 1.60. The third kappa shape index (κ3) is 1.95. The summed E-state index contributed by atoms with van der Waals surface area (Å²) in [5.74, 6) is 2.76. The Morgan fingerprint density at radius 1 is 1.16 bits per heavy atom. The molecule has 1 aromatic carbocycles. The largest absolute Gasteiger partial charge is 0.126 e. The maximum Gasteiger partial charge on any atom is 0.0285 e. The molecule has 2 saturated carbocycles. The molecule has 1 aromatic rings. The van der Waals surface area contributed by atoms with Crippen LogP contribution in [0.4, 0.5) is 0 Å². The maximum absolute atomic E-state index is 6.43. The molecule has 0 spiro atoms. The molecule has 0 nitrogen and oxygen atoms in total. The molecular formula is C18H23Cl. The molecule has 2 bridgehead atoms. The zero-order valence-electron chi connectivity index (χ0n) is 11.6. The quantitative estimate of drug-likeness (QED) is 0.697. The fourth-order valence-corrected chi connectivity index (χ4v) is 5.55. The van der Waals surface area contributed by atoms with Gasteiger partial charge in [0.2, 0.25) is 0 Å². The van der Waals surface area contributed by atoms with Crippen molar-refractivity contribution in [1.82, 2.24) is 0 Å². The lowest BCUT2D eigenvalue weighted by Gasteiger charge is -2.36. The zero-order chi connectivity index (χ0) is 12.9. The predicted octanol–water partition coefficient (Wildman–Crippen LogP) is 4.76. The lowest BCUT2D eigenvalue weighted by molar-refractivity contribution is 0.193. The summed E-state index contributed by atoms with van der Waals surface area (Å²) in [6, 6.07) is 7.25. The van der Waals surface area contributed by atoms with Gasteiger partial charge in [0.1, 0.15) is 0 Å². The van der Waals surface area contributed by atoms with Crippen LogP contribution in [0.3, 0.4) is 0 Å². The summed E-state index contributed by atoms with van der Waals surface area (Å²) < 4.78 is 0. The Morgan fingerprint density at radius 2 is 2.05 bits per heavy atom. The van der Waals surface area contributed by atoms with Gasteiger partial charge in [-0.15, -0.1) is 11.6 Å². The number of alkyl halides is 1. The summed E-state index contributed by atoms with van der Waals surface area (Å²) in [6.07, 6.45) is 10.9. The second kappa shape index (κ2) is 4.52. The van der Waals surface area contributed by atoms with Crippen LogP contribution in [-0.2, 0) is 19.3 Å². The van der Waals surface area contributed by atoms with Gasteiger partial charge in [0.15, 0.2) is 0 Å². The first-order chi connectivity index (χ1) is 9.29. The number of rotatable bonds is 3. The molecule has 4 rings (SSSR count). The first-order valence-corrected chi connectivity index (χ1v) is 8.49. The second-order valence-corrected chi connectivity index (χ2v) is 7.48. The van der Waals surface area contributed by atoms with E-state index >= 15 is 0 Å². The summed E-state index contributed by atoms with van der Waals surface area (Å²) in [5, 5.41) is 0. The van der Waals surface area contributed by atoms with Crippen molar-refractivity contribution in [3.05, 3.63) is 34.9 Å². The van der Waals surface area contributed by atoms with E-state index in [1.165, 1.54) is 51.4 Å². The topological polar surface area (TPSA) is 0 Å². The molecule has 3 aliphatic rings. The van der Waals surface area contributed by atoms with Gasteiger partial charge in [-0.2, -0.15) is 0 Å². The lowest BCUT2D eigenvalue weighted by Crippen LogP contribution is -2.32. The molecule has 0 N–H and O–H groups in total. The summed E-state index contributed by atoms with van der Waals surface area (Å²) in [4.78, 5) is 0. The average molecular weight is 275 g/mol. The molecule has 0 saturated heterocycles. The molecule has 0 radical (unpaired) electrons. The van der Waals surface area contributed by atoms with Gasteiger partial charge in [-0.05, 0) is 78.9 Å². The minimum absolute atomic E-state index is 0.428. The number of aryl methyl sites for hydroxylation is 2. The fraction of sp³-hybridized carbons (Fsp3) is 0.667. The van der Waals surface area contributed by atoms with Gasteiger partial charge in [-0.1, -0.05) is 24.6 Å². The van der Waals surface area contributed by atoms with E-state index in [-0.39, 0.29) is 0 Å². The molecule has 3 atom stereocenters. The van der Waals surface area contributed by atoms with Crippen LogP contribution in [0.5, 0.6) is 0 Å². The highest BCUT2D eigenvalue weighted by Gasteiger charge is 2.50. The predicted molar refractivity (Wildman–Crippen MR) is 80.8 cm³/mol. The van der Waals surface area contributed by atoms with Crippen LogP contribution in [0.25, 0.3) is 0 Å². The fourth-order valence-electron chi connectivity index (χ4n) is 5.13. The van der Waals surface area contributed by atoms with E-state index in [0.29, 0.717) is 5.41 Å². The van der Waals surface area contributed by atoms with E-state index in [1.807, 2.05) is 0 Å². The van der Waals surface area contributed by atoms with E-state index < -0.39 is 0 Å². The smallest absolute Gasteiger partial charge is 0.0285 e. The highest BCUT2D eigenvalue weighted by Crippen LogP contribution is 2.57. The van der Waals surface area contributed by atoms with Gasteiger partial charge in [0.25, 0.3) is 0 Å². The van der Waals surface area contributed by atoms with Crippen molar-refractivity contribution in [2.75, 3.05) is 5.88 Å². The van der Waals surface area contributed by atoms with Crippen molar-refractivity contribution in [3.63, 3.8) is 0 Å². The number of fused-ring (bicyclic) bond motifs is 3. The highest BCUT2D eigenvalue weighted by atomic mass is 35.5.